The highest BCUT2D eigenvalue weighted by Crippen LogP contribution is 2.47. The molecule has 8 nitrogen and oxygen atoms in total. The van der Waals surface area contributed by atoms with Gasteiger partial charge in [-0.1, -0.05) is 47.7 Å². The van der Waals surface area contributed by atoms with Crippen molar-refractivity contribution in [1.29, 1.82) is 0 Å². The predicted octanol–water partition coefficient (Wildman–Crippen LogP) is 2.66. The number of esters is 1. The van der Waals surface area contributed by atoms with E-state index in [9.17, 15) is 9.59 Å². The monoisotopic (exact) mass is 500 g/mol. The number of methoxy groups -OCH3 is 1. The molecule has 0 radical (unpaired) electrons. The third-order valence-corrected chi connectivity index (χ3v) is 7.94. The van der Waals surface area contributed by atoms with Crippen LogP contribution in [0.5, 0.6) is 5.75 Å². The molecule has 2 aromatic carbocycles. The number of ether oxygens (including phenoxy) is 2. The van der Waals surface area contributed by atoms with Crippen LogP contribution in [0.25, 0.3) is 11.8 Å². The lowest BCUT2D eigenvalue weighted by molar-refractivity contribution is -0.158. The minimum atomic E-state index is -1.19. The van der Waals surface area contributed by atoms with Gasteiger partial charge >= 0.3 is 5.97 Å². The van der Waals surface area contributed by atoms with Crippen molar-refractivity contribution in [3.63, 3.8) is 0 Å². The molecule has 9 heteroatoms. The lowest BCUT2D eigenvalue weighted by Gasteiger charge is -2.44. The fraction of sp³-hybridized carbons (Fsp3) is 0.259. The van der Waals surface area contributed by atoms with E-state index in [4.69, 9.17) is 19.6 Å². The van der Waals surface area contributed by atoms with E-state index in [1.165, 1.54) is 18.4 Å². The number of hydrogen-bond donors (Lipinski definition) is 0. The molecule has 0 saturated heterocycles. The smallest absolute Gasteiger partial charge is 0.317 e. The standard InChI is InChI=1S/C27H24N4O4S/c1-15-19(16(2)31(29-15)17-10-6-5-7-11-17)14-21-24(32)30-23-18-12-8-9-13-20(18)35-27(3,28-26(30)36-21)22(23)25(33)34-4/h5-14,22-23H,1-4H3/b21-14+/t22-,23+,27-/m1/s1. The Morgan fingerprint density at radius 1 is 1.14 bits per heavy atom. The van der Waals surface area contributed by atoms with Gasteiger partial charge in [0.25, 0.3) is 5.56 Å². The summed E-state index contributed by atoms with van der Waals surface area (Å²) in [6.07, 6.45) is 1.87. The lowest BCUT2D eigenvalue weighted by Crippen LogP contribution is -2.58. The Balaban J connectivity index is 1.58. The number of carbonyl (C=O) groups is 1. The number of carbonyl (C=O) groups excluding carboxylic acids is 1. The van der Waals surface area contributed by atoms with Gasteiger partial charge in [0.1, 0.15) is 11.7 Å². The Kier molecular flexibility index (Phi) is 5.01. The van der Waals surface area contributed by atoms with Crippen LogP contribution in [0.1, 0.15) is 35.5 Å². The van der Waals surface area contributed by atoms with E-state index < -0.39 is 23.7 Å². The van der Waals surface area contributed by atoms with Gasteiger partial charge in [-0.3, -0.25) is 14.2 Å². The quantitative estimate of drug-likeness (QED) is 0.404. The van der Waals surface area contributed by atoms with E-state index in [0.29, 0.717) is 15.1 Å². The van der Waals surface area contributed by atoms with Crippen LogP contribution in [0.3, 0.4) is 0 Å². The van der Waals surface area contributed by atoms with Gasteiger partial charge in [0.05, 0.1) is 29.1 Å². The fourth-order valence-electron chi connectivity index (χ4n) is 5.25. The van der Waals surface area contributed by atoms with Crippen molar-refractivity contribution in [2.45, 2.75) is 32.5 Å². The first-order valence-electron chi connectivity index (χ1n) is 11.6. The summed E-state index contributed by atoms with van der Waals surface area (Å²) >= 11 is 1.29. The maximum absolute atomic E-state index is 13.9. The number of thiazole rings is 1. The van der Waals surface area contributed by atoms with Gasteiger partial charge in [0, 0.05) is 16.8 Å². The number of fused-ring (bicyclic) bond motifs is 6. The zero-order valence-electron chi connectivity index (χ0n) is 20.3. The normalized spacial score (nSPS) is 22.3. The summed E-state index contributed by atoms with van der Waals surface area (Å²) < 4.78 is 15.4. The van der Waals surface area contributed by atoms with E-state index in [1.807, 2.05) is 79.2 Å². The zero-order chi connectivity index (χ0) is 25.2. The Morgan fingerprint density at radius 2 is 1.86 bits per heavy atom. The molecule has 0 saturated carbocycles. The van der Waals surface area contributed by atoms with Crippen LogP contribution in [0, 0.1) is 19.8 Å². The zero-order valence-corrected chi connectivity index (χ0v) is 21.1. The SMILES string of the molecule is COC(=O)[C@H]1[C@@H]2c3ccccc3O[C@@]1(C)N=c1s/c(=C/c3c(C)nn(-c4ccccc4)c3C)c(=O)n12. The molecule has 2 bridgehead atoms. The molecule has 0 fully saturated rings. The lowest BCUT2D eigenvalue weighted by atomic mass is 9.81. The van der Waals surface area contributed by atoms with Gasteiger partial charge in [-0.2, -0.15) is 5.10 Å². The van der Waals surface area contributed by atoms with Crippen LogP contribution >= 0.6 is 11.3 Å². The Labute approximate surface area is 210 Å². The highest BCUT2D eigenvalue weighted by Gasteiger charge is 2.55. The largest absolute Gasteiger partial charge is 0.469 e. The molecule has 2 aromatic heterocycles. The van der Waals surface area contributed by atoms with Crippen LogP contribution in [-0.2, 0) is 9.53 Å². The Hall–Kier alpha value is -3.98. The van der Waals surface area contributed by atoms with Crippen molar-refractivity contribution in [2.24, 2.45) is 10.9 Å². The molecule has 4 aromatic rings. The van der Waals surface area contributed by atoms with Gasteiger partial charge in [-0.05, 0) is 45.0 Å². The molecule has 2 aliphatic rings. The number of aryl methyl sites for hydroxylation is 1. The van der Waals surface area contributed by atoms with E-state index >= 15 is 0 Å². The average molecular weight is 501 g/mol. The third kappa shape index (κ3) is 3.19. The number of benzene rings is 2. The molecule has 2 aliphatic heterocycles. The fourth-order valence-corrected chi connectivity index (χ4v) is 6.33. The highest BCUT2D eigenvalue weighted by atomic mass is 32.1. The van der Waals surface area contributed by atoms with Gasteiger partial charge < -0.3 is 9.47 Å². The van der Waals surface area contributed by atoms with Gasteiger partial charge in [0.2, 0.25) is 5.72 Å². The number of aromatic nitrogens is 3. The number of para-hydroxylation sites is 2. The van der Waals surface area contributed by atoms with E-state index in [-0.39, 0.29) is 5.56 Å². The summed E-state index contributed by atoms with van der Waals surface area (Å²) in [7, 11) is 1.34. The van der Waals surface area contributed by atoms with Gasteiger partial charge in [0.15, 0.2) is 4.80 Å². The molecule has 6 rings (SSSR count). The van der Waals surface area contributed by atoms with Crippen molar-refractivity contribution in [2.75, 3.05) is 7.11 Å². The maximum Gasteiger partial charge on any atom is 0.317 e. The molecular formula is C27H24N4O4S. The van der Waals surface area contributed by atoms with Crippen molar-refractivity contribution in [3.8, 4) is 11.4 Å². The van der Waals surface area contributed by atoms with Crippen LogP contribution in [0.2, 0.25) is 0 Å². The van der Waals surface area contributed by atoms with Gasteiger partial charge in [-0.15, -0.1) is 0 Å². The molecule has 182 valence electrons. The predicted molar refractivity (Wildman–Crippen MR) is 135 cm³/mol. The molecule has 0 unspecified atom stereocenters. The second kappa shape index (κ2) is 8.03. The topological polar surface area (TPSA) is 87.7 Å². The number of hydrogen-bond acceptors (Lipinski definition) is 7. The summed E-state index contributed by atoms with van der Waals surface area (Å²) in [6.45, 7) is 5.69. The first-order chi connectivity index (χ1) is 17.3. The van der Waals surface area contributed by atoms with Crippen LogP contribution < -0.4 is 19.6 Å². The molecule has 0 N–H and O–H groups in total. The Bertz CT molecular complexity index is 1700. The minimum absolute atomic E-state index is 0.206. The second-order valence-electron chi connectivity index (χ2n) is 9.15. The first kappa shape index (κ1) is 22.5. The van der Waals surface area contributed by atoms with E-state index in [0.717, 1.165) is 28.2 Å². The van der Waals surface area contributed by atoms with Crippen LogP contribution in [-0.4, -0.2) is 33.2 Å². The van der Waals surface area contributed by atoms with Crippen molar-refractivity contribution >= 4 is 23.4 Å². The first-order valence-corrected chi connectivity index (χ1v) is 12.4. The molecule has 0 amide bonds. The summed E-state index contributed by atoms with van der Waals surface area (Å²) in [4.78, 5) is 32.1. The van der Waals surface area contributed by atoms with E-state index in [1.54, 1.807) is 11.5 Å². The highest BCUT2D eigenvalue weighted by molar-refractivity contribution is 7.07. The maximum atomic E-state index is 13.9. The minimum Gasteiger partial charge on any atom is -0.469 e. The van der Waals surface area contributed by atoms with Crippen LogP contribution in [0.15, 0.2) is 64.4 Å². The second-order valence-corrected chi connectivity index (χ2v) is 10.2. The Morgan fingerprint density at radius 3 is 2.61 bits per heavy atom. The molecule has 3 atom stereocenters. The molecule has 0 spiro atoms. The number of nitrogens with zero attached hydrogens (tertiary/aromatic N) is 4. The van der Waals surface area contributed by atoms with E-state index in [2.05, 4.69) is 0 Å². The van der Waals surface area contributed by atoms with Crippen molar-refractivity contribution < 1.29 is 14.3 Å². The summed E-state index contributed by atoms with van der Waals surface area (Å²) in [5.41, 5.74) is 2.94. The molecule has 0 aliphatic carbocycles. The molecule has 4 heterocycles. The van der Waals surface area contributed by atoms with Crippen LogP contribution in [0.4, 0.5) is 0 Å². The molecule has 36 heavy (non-hydrogen) atoms. The van der Waals surface area contributed by atoms with Crippen molar-refractivity contribution in [1.82, 2.24) is 14.3 Å². The summed E-state index contributed by atoms with van der Waals surface area (Å²) in [5.74, 6) is -0.653. The van der Waals surface area contributed by atoms with Gasteiger partial charge in [-0.25, -0.2) is 9.67 Å². The summed E-state index contributed by atoms with van der Waals surface area (Å²) in [5, 5.41) is 4.71. The summed E-state index contributed by atoms with van der Waals surface area (Å²) in [6, 6.07) is 16.8. The number of rotatable bonds is 3. The third-order valence-electron chi connectivity index (χ3n) is 6.96. The molecular weight excluding hydrogens is 476 g/mol. The average Bonchev–Trinajstić information content (AvgIpc) is 3.33. The van der Waals surface area contributed by atoms with Crippen molar-refractivity contribution in [3.05, 3.63) is 96.8 Å².